The van der Waals surface area contributed by atoms with Gasteiger partial charge < -0.3 is 10.6 Å². The van der Waals surface area contributed by atoms with Gasteiger partial charge in [0.2, 0.25) is 0 Å². The highest BCUT2D eigenvalue weighted by Gasteiger charge is 2.33. The fraction of sp³-hybridized carbons (Fsp3) is 0.333. The minimum Gasteiger partial charge on any atom is -0.367 e. The van der Waals surface area contributed by atoms with Gasteiger partial charge in [0, 0.05) is 23.7 Å². The molecule has 2 rings (SSSR count). The lowest BCUT2D eigenvalue weighted by molar-refractivity contribution is -0.138. The van der Waals surface area contributed by atoms with Crippen molar-refractivity contribution < 1.29 is 13.2 Å². The van der Waals surface area contributed by atoms with Crippen LogP contribution >= 0.6 is 11.3 Å². The summed E-state index contributed by atoms with van der Waals surface area (Å²) in [4.78, 5) is 3.04. The Morgan fingerprint density at radius 2 is 2.00 bits per heavy atom. The van der Waals surface area contributed by atoms with Crippen LogP contribution in [-0.2, 0) is 19.3 Å². The minimum absolute atomic E-state index is 0.119. The van der Waals surface area contributed by atoms with Gasteiger partial charge in [-0.3, -0.25) is 0 Å². The highest BCUT2D eigenvalue weighted by atomic mass is 32.1. The summed E-state index contributed by atoms with van der Waals surface area (Å²) < 4.78 is 39.3. The van der Waals surface area contributed by atoms with Gasteiger partial charge in [-0.1, -0.05) is 12.1 Å². The lowest BCUT2D eigenvalue weighted by Gasteiger charge is -2.24. The normalized spacial score (nSPS) is 11.7. The lowest BCUT2D eigenvalue weighted by Crippen LogP contribution is -2.22. The van der Waals surface area contributed by atoms with Gasteiger partial charge in [-0.05, 0) is 36.1 Å². The van der Waals surface area contributed by atoms with Crippen LogP contribution in [0.25, 0.3) is 0 Å². The third-order valence-corrected chi connectivity index (χ3v) is 4.15. The smallest absolute Gasteiger partial charge is 0.367 e. The molecule has 0 aliphatic carbocycles. The molecule has 0 spiro atoms. The van der Waals surface area contributed by atoms with Crippen LogP contribution in [0.4, 0.5) is 18.9 Å². The molecule has 1 aromatic carbocycles. The summed E-state index contributed by atoms with van der Waals surface area (Å²) in [5, 5.41) is 1.96. The summed E-state index contributed by atoms with van der Waals surface area (Å²) in [5.74, 6) is 0. The first-order valence-corrected chi connectivity index (χ1v) is 7.51. The van der Waals surface area contributed by atoms with Crippen LogP contribution < -0.4 is 10.6 Å². The number of halogens is 3. The molecule has 0 amide bonds. The predicted octanol–water partition coefficient (Wildman–Crippen LogP) is 4.25. The van der Waals surface area contributed by atoms with E-state index in [1.807, 2.05) is 29.3 Å². The molecule has 114 valence electrons. The maximum absolute atomic E-state index is 13.1. The first-order valence-electron chi connectivity index (χ1n) is 6.63. The van der Waals surface area contributed by atoms with E-state index in [1.165, 1.54) is 12.1 Å². The predicted molar refractivity (Wildman–Crippen MR) is 80.4 cm³/mol. The lowest BCUT2D eigenvalue weighted by atomic mass is 10.1. The molecule has 0 saturated heterocycles. The maximum atomic E-state index is 13.1. The Morgan fingerprint density at radius 1 is 1.24 bits per heavy atom. The third-order valence-electron chi connectivity index (χ3n) is 3.29. The van der Waals surface area contributed by atoms with E-state index in [9.17, 15) is 13.2 Å². The van der Waals surface area contributed by atoms with E-state index in [0.717, 1.165) is 4.88 Å². The Kier molecular flexibility index (Phi) is 4.90. The fourth-order valence-electron chi connectivity index (χ4n) is 2.18. The fourth-order valence-corrected chi connectivity index (χ4v) is 2.90. The molecule has 1 aromatic heterocycles. The molecule has 0 unspecified atom stereocenters. The number of hydrogen-bond donors (Lipinski definition) is 1. The SMILES string of the molecule is CCN(Cc1cccs1)c1ccc(CN)c(C(F)(F)F)c1. The average Bonchev–Trinajstić information content (AvgIpc) is 2.96. The van der Waals surface area contributed by atoms with Crippen LogP contribution in [0.2, 0.25) is 0 Å². The number of thiophene rings is 1. The summed E-state index contributed by atoms with van der Waals surface area (Å²) in [6.07, 6.45) is -4.38. The molecule has 0 saturated carbocycles. The molecule has 6 heteroatoms. The minimum atomic E-state index is -4.38. The number of alkyl halides is 3. The monoisotopic (exact) mass is 314 g/mol. The first-order chi connectivity index (χ1) is 9.95. The van der Waals surface area contributed by atoms with Gasteiger partial charge in [0.15, 0.2) is 0 Å². The number of benzene rings is 1. The van der Waals surface area contributed by atoms with Crippen LogP contribution in [0.1, 0.15) is 22.9 Å². The van der Waals surface area contributed by atoms with Crippen molar-refractivity contribution in [3.05, 3.63) is 51.7 Å². The number of nitrogens with zero attached hydrogens (tertiary/aromatic N) is 1. The standard InChI is InChI=1S/C15H17F3N2S/c1-2-20(10-13-4-3-7-21-13)12-6-5-11(9-19)14(8-12)15(16,17)18/h3-8H,2,9-10,19H2,1H3. The van der Waals surface area contributed by atoms with E-state index < -0.39 is 11.7 Å². The van der Waals surface area contributed by atoms with Gasteiger partial charge in [-0.2, -0.15) is 13.2 Å². The topological polar surface area (TPSA) is 29.3 Å². The molecule has 0 aliphatic heterocycles. The van der Waals surface area contributed by atoms with Gasteiger partial charge >= 0.3 is 6.18 Å². The van der Waals surface area contributed by atoms with Gasteiger partial charge in [-0.15, -0.1) is 11.3 Å². The molecular formula is C15H17F3N2S. The molecule has 0 atom stereocenters. The van der Waals surface area contributed by atoms with E-state index in [4.69, 9.17) is 5.73 Å². The number of anilines is 1. The molecule has 2 N–H and O–H groups in total. The zero-order valence-electron chi connectivity index (χ0n) is 11.7. The van der Waals surface area contributed by atoms with Crippen molar-refractivity contribution >= 4 is 17.0 Å². The second-order valence-corrected chi connectivity index (χ2v) is 5.67. The Hall–Kier alpha value is -1.53. The van der Waals surface area contributed by atoms with Gasteiger partial charge in [-0.25, -0.2) is 0 Å². The molecule has 0 bridgehead atoms. The van der Waals surface area contributed by atoms with Crippen LogP contribution in [-0.4, -0.2) is 6.54 Å². The third kappa shape index (κ3) is 3.77. The van der Waals surface area contributed by atoms with Crippen LogP contribution in [0.3, 0.4) is 0 Å². The molecule has 1 heterocycles. The van der Waals surface area contributed by atoms with Crippen molar-refractivity contribution in [2.75, 3.05) is 11.4 Å². The summed E-state index contributed by atoms with van der Waals surface area (Å²) in [6, 6.07) is 8.28. The van der Waals surface area contributed by atoms with Crippen molar-refractivity contribution in [3.63, 3.8) is 0 Å². The largest absolute Gasteiger partial charge is 0.416 e. The maximum Gasteiger partial charge on any atom is 0.416 e. The Balaban J connectivity index is 2.33. The van der Waals surface area contributed by atoms with E-state index in [0.29, 0.717) is 18.8 Å². The molecule has 21 heavy (non-hydrogen) atoms. The van der Waals surface area contributed by atoms with Crippen molar-refractivity contribution in [3.8, 4) is 0 Å². The van der Waals surface area contributed by atoms with E-state index in [2.05, 4.69) is 0 Å². The summed E-state index contributed by atoms with van der Waals surface area (Å²) in [6.45, 7) is 3.05. The summed E-state index contributed by atoms with van der Waals surface area (Å²) in [5.41, 5.74) is 5.45. The summed E-state index contributed by atoms with van der Waals surface area (Å²) in [7, 11) is 0. The number of hydrogen-bond acceptors (Lipinski definition) is 3. The molecular weight excluding hydrogens is 297 g/mol. The van der Waals surface area contributed by atoms with E-state index >= 15 is 0 Å². The van der Waals surface area contributed by atoms with Crippen LogP contribution in [0.5, 0.6) is 0 Å². The van der Waals surface area contributed by atoms with E-state index in [1.54, 1.807) is 17.4 Å². The highest BCUT2D eigenvalue weighted by Crippen LogP contribution is 2.35. The van der Waals surface area contributed by atoms with Crippen molar-refractivity contribution in [1.82, 2.24) is 0 Å². The van der Waals surface area contributed by atoms with Crippen LogP contribution in [0.15, 0.2) is 35.7 Å². The Labute approximate surface area is 126 Å². The molecule has 0 aliphatic rings. The van der Waals surface area contributed by atoms with Crippen molar-refractivity contribution in [2.24, 2.45) is 5.73 Å². The van der Waals surface area contributed by atoms with Gasteiger partial charge in [0.05, 0.1) is 12.1 Å². The van der Waals surface area contributed by atoms with Crippen molar-refractivity contribution in [2.45, 2.75) is 26.2 Å². The molecule has 0 radical (unpaired) electrons. The molecule has 0 fully saturated rings. The second kappa shape index (κ2) is 6.49. The molecule has 2 aromatic rings. The first kappa shape index (κ1) is 15.9. The number of rotatable bonds is 5. The zero-order chi connectivity index (χ0) is 15.5. The Morgan fingerprint density at radius 3 is 2.52 bits per heavy atom. The van der Waals surface area contributed by atoms with Crippen molar-refractivity contribution in [1.29, 1.82) is 0 Å². The second-order valence-electron chi connectivity index (χ2n) is 4.64. The molecule has 2 nitrogen and oxygen atoms in total. The average molecular weight is 314 g/mol. The number of nitrogens with two attached hydrogens (primary N) is 1. The van der Waals surface area contributed by atoms with Gasteiger partial charge in [0.1, 0.15) is 0 Å². The van der Waals surface area contributed by atoms with E-state index in [-0.39, 0.29) is 12.1 Å². The quantitative estimate of drug-likeness (QED) is 0.894. The Bertz CT molecular complexity index is 579. The highest BCUT2D eigenvalue weighted by molar-refractivity contribution is 7.09. The summed E-state index contributed by atoms with van der Waals surface area (Å²) >= 11 is 1.59. The van der Waals surface area contributed by atoms with Crippen LogP contribution in [0, 0.1) is 0 Å². The van der Waals surface area contributed by atoms with Gasteiger partial charge in [0.25, 0.3) is 0 Å². The zero-order valence-corrected chi connectivity index (χ0v) is 12.5.